The first-order valence-corrected chi connectivity index (χ1v) is 10.7. The van der Waals surface area contributed by atoms with Crippen molar-refractivity contribution >= 4 is 17.7 Å². The summed E-state index contributed by atoms with van der Waals surface area (Å²) in [6, 6.07) is 7.76. The highest BCUT2D eigenvalue weighted by Crippen LogP contribution is 2.29. The van der Waals surface area contributed by atoms with Crippen molar-refractivity contribution in [3.63, 3.8) is 0 Å². The minimum atomic E-state index is 0.0786. The Morgan fingerprint density at radius 2 is 1.81 bits per heavy atom. The van der Waals surface area contributed by atoms with Crippen LogP contribution in [0.4, 0.5) is 0 Å². The van der Waals surface area contributed by atoms with Crippen LogP contribution in [0.15, 0.2) is 29.2 Å². The fourth-order valence-electron chi connectivity index (χ4n) is 4.19. The van der Waals surface area contributed by atoms with Crippen molar-refractivity contribution in [2.24, 2.45) is 17.8 Å². The van der Waals surface area contributed by atoms with Crippen molar-refractivity contribution in [1.82, 2.24) is 9.80 Å². The number of piperidine rings is 1. The standard InChI is InChI=1S/C20H30N2O3S/c1-26-19-5-3-2-4-18(19)20(25)22-11-16(17(12-22)14-24)10-21-8-6-15(13-23)7-9-21/h2-5,15-17,23-24H,6-14H2,1H3. The number of hydrogen-bond acceptors (Lipinski definition) is 5. The second kappa shape index (κ2) is 9.22. The van der Waals surface area contributed by atoms with Crippen LogP contribution in [0.1, 0.15) is 23.2 Å². The van der Waals surface area contributed by atoms with E-state index < -0.39 is 0 Å². The molecule has 0 radical (unpaired) electrons. The van der Waals surface area contributed by atoms with Crippen molar-refractivity contribution < 1.29 is 15.0 Å². The first-order chi connectivity index (χ1) is 12.7. The van der Waals surface area contributed by atoms with Crippen molar-refractivity contribution in [3.05, 3.63) is 29.8 Å². The minimum Gasteiger partial charge on any atom is -0.396 e. The molecule has 2 aliphatic rings. The molecular weight excluding hydrogens is 348 g/mol. The van der Waals surface area contributed by atoms with Crippen LogP contribution in [0.25, 0.3) is 0 Å². The number of carbonyl (C=O) groups is 1. The zero-order valence-electron chi connectivity index (χ0n) is 15.5. The van der Waals surface area contributed by atoms with Gasteiger partial charge in [-0.3, -0.25) is 4.79 Å². The van der Waals surface area contributed by atoms with E-state index in [2.05, 4.69) is 4.90 Å². The minimum absolute atomic E-state index is 0.0786. The third kappa shape index (κ3) is 4.42. The first-order valence-electron chi connectivity index (χ1n) is 9.52. The lowest BCUT2D eigenvalue weighted by atomic mass is 9.93. The van der Waals surface area contributed by atoms with Crippen LogP contribution in [0.3, 0.4) is 0 Å². The number of hydrogen-bond donors (Lipinski definition) is 2. The summed E-state index contributed by atoms with van der Waals surface area (Å²) in [7, 11) is 0. The predicted molar refractivity (Wildman–Crippen MR) is 104 cm³/mol. The van der Waals surface area contributed by atoms with Crippen molar-refractivity contribution in [2.75, 3.05) is 52.2 Å². The van der Waals surface area contributed by atoms with E-state index in [0.29, 0.717) is 24.9 Å². The summed E-state index contributed by atoms with van der Waals surface area (Å²) < 4.78 is 0. The van der Waals surface area contributed by atoms with Gasteiger partial charge in [0, 0.05) is 43.7 Å². The van der Waals surface area contributed by atoms with E-state index in [4.69, 9.17) is 0 Å². The van der Waals surface area contributed by atoms with Crippen molar-refractivity contribution in [1.29, 1.82) is 0 Å². The Balaban J connectivity index is 1.62. The maximum Gasteiger partial charge on any atom is 0.255 e. The Hall–Kier alpha value is -1.08. The molecule has 2 fully saturated rings. The number of benzene rings is 1. The predicted octanol–water partition coefficient (Wildman–Crippen LogP) is 1.79. The largest absolute Gasteiger partial charge is 0.396 e. The molecule has 2 aliphatic heterocycles. The molecule has 0 spiro atoms. The maximum absolute atomic E-state index is 13.0. The van der Waals surface area contributed by atoms with Crippen molar-refractivity contribution in [3.8, 4) is 0 Å². The molecule has 2 heterocycles. The van der Waals surface area contributed by atoms with Gasteiger partial charge >= 0.3 is 0 Å². The van der Waals surface area contributed by atoms with E-state index in [9.17, 15) is 15.0 Å². The summed E-state index contributed by atoms with van der Waals surface area (Å²) in [4.78, 5) is 18.4. The van der Waals surface area contributed by atoms with Crippen LogP contribution in [0.2, 0.25) is 0 Å². The smallest absolute Gasteiger partial charge is 0.255 e. The van der Waals surface area contributed by atoms with E-state index in [1.54, 1.807) is 11.8 Å². The van der Waals surface area contributed by atoms with Gasteiger partial charge in [-0.2, -0.15) is 0 Å². The number of aliphatic hydroxyl groups excluding tert-OH is 2. The highest BCUT2D eigenvalue weighted by Gasteiger charge is 2.37. The van der Waals surface area contributed by atoms with Crippen LogP contribution < -0.4 is 0 Å². The zero-order valence-corrected chi connectivity index (χ0v) is 16.3. The SMILES string of the molecule is CSc1ccccc1C(=O)N1CC(CO)C(CN2CCC(CO)CC2)C1. The van der Waals surface area contributed by atoms with Gasteiger partial charge in [-0.25, -0.2) is 0 Å². The average Bonchev–Trinajstić information content (AvgIpc) is 3.10. The van der Waals surface area contributed by atoms with Gasteiger partial charge in [0.05, 0.1) is 5.56 Å². The lowest BCUT2D eigenvalue weighted by molar-refractivity contribution is 0.0772. The van der Waals surface area contributed by atoms with E-state index in [1.165, 1.54) is 0 Å². The third-order valence-corrected chi connectivity index (χ3v) is 6.69. The number of likely N-dealkylation sites (tertiary alicyclic amines) is 2. The molecule has 2 saturated heterocycles. The summed E-state index contributed by atoms with van der Waals surface area (Å²) in [5.74, 6) is 0.978. The van der Waals surface area contributed by atoms with E-state index >= 15 is 0 Å². The van der Waals surface area contributed by atoms with Crippen LogP contribution in [-0.4, -0.2) is 78.1 Å². The van der Waals surface area contributed by atoms with E-state index in [1.807, 2.05) is 35.4 Å². The molecule has 1 aromatic rings. The molecule has 2 unspecified atom stereocenters. The summed E-state index contributed by atoms with van der Waals surface area (Å²) in [5.41, 5.74) is 0.765. The summed E-state index contributed by atoms with van der Waals surface area (Å²) >= 11 is 1.60. The lowest BCUT2D eigenvalue weighted by Gasteiger charge is -2.33. The van der Waals surface area contributed by atoms with Gasteiger partial charge in [-0.1, -0.05) is 12.1 Å². The number of aliphatic hydroxyl groups is 2. The van der Waals surface area contributed by atoms with Crippen LogP contribution in [0.5, 0.6) is 0 Å². The topological polar surface area (TPSA) is 64.0 Å². The Labute approximate surface area is 160 Å². The van der Waals surface area contributed by atoms with Crippen LogP contribution >= 0.6 is 11.8 Å². The van der Waals surface area contributed by atoms with Gasteiger partial charge in [0.25, 0.3) is 5.91 Å². The second-order valence-electron chi connectivity index (χ2n) is 7.54. The Bertz CT molecular complexity index is 604. The van der Waals surface area contributed by atoms with Gasteiger partial charge < -0.3 is 20.0 Å². The lowest BCUT2D eigenvalue weighted by Crippen LogP contribution is -2.40. The number of nitrogens with zero attached hydrogens (tertiary/aromatic N) is 2. The molecule has 0 aliphatic carbocycles. The molecular formula is C20H30N2O3S. The van der Waals surface area contributed by atoms with Crippen LogP contribution in [-0.2, 0) is 0 Å². The van der Waals surface area contributed by atoms with Gasteiger partial charge in [0.15, 0.2) is 0 Å². The monoisotopic (exact) mass is 378 g/mol. The summed E-state index contributed by atoms with van der Waals surface area (Å²) in [6.45, 7) is 4.70. The Morgan fingerprint density at radius 1 is 1.12 bits per heavy atom. The molecule has 1 aromatic carbocycles. The fourth-order valence-corrected chi connectivity index (χ4v) is 4.78. The van der Waals surface area contributed by atoms with Gasteiger partial charge in [0.2, 0.25) is 0 Å². The highest BCUT2D eigenvalue weighted by molar-refractivity contribution is 7.98. The molecule has 1 amide bonds. The molecule has 2 atom stereocenters. The molecule has 3 rings (SSSR count). The Morgan fingerprint density at radius 3 is 2.46 bits per heavy atom. The quantitative estimate of drug-likeness (QED) is 0.739. The average molecular weight is 379 g/mol. The van der Waals surface area contributed by atoms with Gasteiger partial charge in [-0.05, 0) is 56.2 Å². The molecule has 6 heteroatoms. The van der Waals surface area contributed by atoms with E-state index in [-0.39, 0.29) is 25.0 Å². The van der Waals surface area contributed by atoms with Gasteiger partial charge in [-0.15, -0.1) is 11.8 Å². The summed E-state index contributed by atoms with van der Waals surface area (Å²) in [5, 5.41) is 19.1. The zero-order chi connectivity index (χ0) is 18.5. The highest BCUT2D eigenvalue weighted by atomic mass is 32.2. The molecule has 0 bridgehead atoms. The number of amides is 1. The number of rotatable bonds is 6. The van der Waals surface area contributed by atoms with Gasteiger partial charge in [0.1, 0.15) is 0 Å². The normalized spacial score (nSPS) is 25.0. The number of carbonyl (C=O) groups excluding carboxylic acids is 1. The van der Waals surface area contributed by atoms with Crippen molar-refractivity contribution in [2.45, 2.75) is 17.7 Å². The van der Waals surface area contributed by atoms with E-state index in [0.717, 1.165) is 42.9 Å². The fraction of sp³-hybridized carbons (Fsp3) is 0.650. The molecule has 144 valence electrons. The third-order valence-electron chi connectivity index (χ3n) is 5.89. The summed E-state index contributed by atoms with van der Waals surface area (Å²) in [6.07, 6.45) is 4.07. The number of thioether (sulfide) groups is 1. The molecule has 5 nitrogen and oxygen atoms in total. The molecule has 26 heavy (non-hydrogen) atoms. The first kappa shape index (κ1) is 19.7. The Kier molecular flexibility index (Phi) is 6.98. The molecule has 0 aromatic heterocycles. The second-order valence-corrected chi connectivity index (χ2v) is 8.39. The molecule has 2 N–H and O–H groups in total. The molecule has 0 saturated carbocycles. The van der Waals surface area contributed by atoms with Crippen LogP contribution in [0, 0.1) is 17.8 Å². The maximum atomic E-state index is 13.0.